The van der Waals surface area contributed by atoms with Crippen molar-refractivity contribution in [1.29, 1.82) is 0 Å². The maximum atomic E-state index is 12.0. The van der Waals surface area contributed by atoms with Crippen LogP contribution in [0.15, 0.2) is 24.3 Å². The van der Waals surface area contributed by atoms with Crippen molar-refractivity contribution in [2.45, 2.75) is 32.7 Å². The van der Waals surface area contributed by atoms with E-state index in [0.29, 0.717) is 19.5 Å². The van der Waals surface area contributed by atoms with Gasteiger partial charge >= 0.3 is 0 Å². The van der Waals surface area contributed by atoms with Crippen LogP contribution in [-0.2, 0) is 11.3 Å². The molecule has 0 aliphatic carbocycles. The summed E-state index contributed by atoms with van der Waals surface area (Å²) in [7, 11) is 1.65. The van der Waals surface area contributed by atoms with Gasteiger partial charge in [0.25, 0.3) is 0 Å². The van der Waals surface area contributed by atoms with E-state index >= 15 is 0 Å². The Hall–Kier alpha value is -1.55. The van der Waals surface area contributed by atoms with Crippen molar-refractivity contribution in [3.05, 3.63) is 29.8 Å². The summed E-state index contributed by atoms with van der Waals surface area (Å²) in [5.41, 5.74) is 6.56. The fourth-order valence-corrected chi connectivity index (χ4v) is 1.91. The molecule has 0 bridgehead atoms. The summed E-state index contributed by atoms with van der Waals surface area (Å²) in [6, 6.07) is 7.83. The zero-order chi connectivity index (χ0) is 14.1. The summed E-state index contributed by atoms with van der Waals surface area (Å²) >= 11 is 0. The quantitative estimate of drug-likeness (QED) is 0.732. The first-order chi connectivity index (χ1) is 9.21. The van der Waals surface area contributed by atoms with Crippen molar-refractivity contribution < 1.29 is 9.53 Å². The Bertz CT molecular complexity index is 376. The molecule has 0 atom stereocenters. The maximum absolute atomic E-state index is 12.0. The fourth-order valence-electron chi connectivity index (χ4n) is 1.91. The second kappa shape index (κ2) is 8.53. The lowest BCUT2D eigenvalue weighted by molar-refractivity contribution is -0.131. The number of hydrogen-bond acceptors (Lipinski definition) is 3. The Labute approximate surface area is 115 Å². The van der Waals surface area contributed by atoms with Gasteiger partial charge in [0.1, 0.15) is 5.75 Å². The third kappa shape index (κ3) is 5.30. The molecule has 19 heavy (non-hydrogen) atoms. The largest absolute Gasteiger partial charge is 0.497 e. The molecule has 1 rings (SSSR count). The lowest BCUT2D eigenvalue weighted by atomic mass is 10.1. The number of rotatable bonds is 8. The van der Waals surface area contributed by atoms with Crippen LogP contribution in [0.2, 0.25) is 0 Å². The Kier molecular flexibility index (Phi) is 6.97. The molecule has 0 saturated heterocycles. The van der Waals surface area contributed by atoms with Gasteiger partial charge in [-0.2, -0.15) is 0 Å². The number of nitrogens with two attached hydrogens (primary N) is 1. The monoisotopic (exact) mass is 264 g/mol. The highest BCUT2D eigenvalue weighted by Gasteiger charge is 2.11. The third-order valence-corrected chi connectivity index (χ3v) is 3.11. The Morgan fingerprint density at radius 2 is 1.95 bits per heavy atom. The molecule has 0 radical (unpaired) electrons. The molecule has 0 aliphatic heterocycles. The minimum atomic E-state index is 0.201. The predicted molar refractivity (Wildman–Crippen MR) is 77.0 cm³/mol. The van der Waals surface area contributed by atoms with E-state index in [1.54, 1.807) is 7.11 Å². The van der Waals surface area contributed by atoms with E-state index in [0.717, 1.165) is 30.7 Å². The molecular formula is C15H24N2O2. The van der Waals surface area contributed by atoms with Crippen molar-refractivity contribution in [3.8, 4) is 5.75 Å². The number of amides is 1. The first kappa shape index (κ1) is 15.5. The standard InChI is InChI=1S/C15H24N2O2/c1-3-17(15(18)6-4-5-11-16)12-13-7-9-14(19-2)10-8-13/h7-10H,3-6,11-12,16H2,1-2H3. The van der Waals surface area contributed by atoms with E-state index in [1.807, 2.05) is 36.1 Å². The third-order valence-electron chi connectivity index (χ3n) is 3.11. The minimum absolute atomic E-state index is 0.201. The number of hydrogen-bond donors (Lipinski definition) is 1. The molecule has 0 fully saturated rings. The van der Waals surface area contributed by atoms with Crippen LogP contribution in [0.1, 0.15) is 31.7 Å². The number of benzene rings is 1. The highest BCUT2D eigenvalue weighted by Crippen LogP contribution is 2.13. The maximum Gasteiger partial charge on any atom is 0.222 e. The second-order valence-corrected chi connectivity index (χ2v) is 4.50. The summed E-state index contributed by atoms with van der Waals surface area (Å²) < 4.78 is 5.12. The van der Waals surface area contributed by atoms with Crippen LogP contribution in [0.25, 0.3) is 0 Å². The minimum Gasteiger partial charge on any atom is -0.497 e. The van der Waals surface area contributed by atoms with Gasteiger partial charge in [-0.25, -0.2) is 0 Å². The van der Waals surface area contributed by atoms with Gasteiger partial charge in [0, 0.05) is 19.5 Å². The van der Waals surface area contributed by atoms with Gasteiger partial charge in [0.2, 0.25) is 5.91 Å². The van der Waals surface area contributed by atoms with Gasteiger partial charge in [-0.3, -0.25) is 4.79 Å². The molecule has 1 amide bonds. The molecule has 1 aromatic carbocycles. The first-order valence-electron chi connectivity index (χ1n) is 6.82. The molecular weight excluding hydrogens is 240 g/mol. The van der Waals surface area contributed by atoms with Gasteiger partial charge in [-0.1, -0.05) is 12.1 Å². The molecule has 0 spiro atoms. The highest BCUT2D eigenvalue weighted by molar-refractivity contribution is 5.76. The fraction of sp³-hybridized carbons (Fsp3) is 0.533. The van der Waals surface area contributed by atoms with Crippen LogP contribution in [0.4, 0.5) is 0 Å². The molecule has 0 unspecified atom stereocenters. The van der Waals surface area contributed by atoms with E-state index in [-0.39, 0.29) is 5.91 Å². The molecule has 2 N–H and O–H groups in total. The average Bonchev–Trinajstić information content (AvgIpc) is 2.45. The van der Waals surface area contributed by atoms with E-state index in [2.05, 4.69) is 0 Å². The van der Waals surface area contributed by atoms with E-state index in [4.69, 9.17) is 10.5 Å². The van der Waals surface area contributed by atoms with Crippen LogP contribution >= 0.6 is 0 Å². The van der Waals surface area contributed by atoms with Crippen molar-refractivity contribution in [3.63, 3.8) is 0 Å². The van der Waals surface area contributed by atoms with Crippen LogP contribution in [-0.4, -0.2) is 31.0 Å². The molecule has 4 nitrogen and oxygen atoms in total. The van der Waals surface area contributed by atoms with E-state index in [1.165, 1.54) is 0 Å². The van der Waals surface area contributed by atoms with Crippen LogP contribution in [0.5, 0.6) is 5.75 Å². The van der Waals surface area contributed by atoms with Crippen LogP contribution in [0, 0.1) is 0 Å². The zero-order valence-corrected chi connectivity index (χ0v) is 11.9. The Balaban J connectivity index is 2.52. The molecule has 4 heteroatoms. The number of methoxy groups -OCH3 is 1. The lowest BCUT2D eigenvalue weighted by Crippen LogP contribution is -2.30. The SMILES string of the molecule is CCN(Cc1ccc(OC)cc1)C(=O)CCCCN. The van der Waals surface area contributed by atoms with Gasteiger partial charge in [0.05, 0.1) is 7.11 Å². The lowest BCUT2D eigenvalue weighted by Gasteiger charge is -2.21. The van der Waals surface area contributed by atoms with Crippen molar-refractivity contribution >= 4 is 5.91 Å². The summed E-state index contributed by atoms with van der Waals surface area (Å²) in [5, 5.41) is 0. The Morgan fingerprint density at radius 1 is 1.26 bits per heavy atom. The second-order valence-electron chi connectivity index (χ2n) is 4.50. The molecule has 1 aromatic rings. The van der Waals surface area contributed by atoms with Gasteiger partial charge in [-0.05, 0) is 44.0 Å². The highest BCUT2D eigenvalue weighted by atomic mass is 16.5. The number of carbonyl (C=O) groups excluding carboxylic acids is 1. The zero-order valence-electron chi connectivity index (χ0n) is 11.9. The molecule has 0 aromatic heterocycles. The van der Waals surface area contributed by atoms with Gasteiger partial charge < -0.3 is 15.4 Å². The molecule has 0 aliphatic rings. The smallest absolute Gasteiger partial charge is 0.222 e. The number of ether oxygens (including phenoxy) is 1. The van der Waals surface area contributed by atoms with Gasteiger partial charge in [0.15, 0.2) is 0 Å². The van der Waals surface area contributed by atoms with E-state index < -0.39 is 0 Å². The van der Waals surface area contributed by atoms with Crippen molar-refractivity contribution in [2.24, 2.45) is 5.73 Å². The molecule has 0 heterocycles. The molecule has 106 valence electrons. The number of unbranched alkanes of at least 4 members (excludes halogenated alkanes) is 1. The normalized spacial score (nSPS) is 10.3. The van der Waals surface area contributed by atoms with Crippen LogP contribution in [0.3, 0.4) is 0 Å². The number of nitrogens with zero attached hydrogens (tertiary/aromatic N) is 1. The Morgan fingerprint density at radius 3 is 2.47 bits per heavy atom. The summed E-state index contributed by atoms with van der Waals surface area (Å²) in [6.45, 7) is 4.04. The topological polar surface area (TPSA) is 55.6 Å². The van der Waals surface area contributed by atoms with E-state index in [9.17, 15) is 4.79 Å². The summed E-state index contributed by atoms with van der Waals surface area (Å²) in [5.74, 6) is 1.04. The average molecular weight is 264 g/mol. The number of carbonyl (C=O) groups is 1. The van der Waals surface area contributed by atoms with Crippen molar-refractivity contribution in [1.82, 2.24) is 4.90 Å². The summed E-state index contributed by atoms with van der Waals surface area (Å²) in [4.78, 5) is 13.9. The summed E-state index contributed by atoms with van der Waals surface area (Å²) in [6.07, 6.45) is 2.36. The van der Waals surface area contributed by atoms with Crippen molar-refractivity contribution in [2.75, 3.05) is 20.2 Å². The molecule has 0 saturated carbocycles. The van der Waals surface area contributed by atoms with Crippen LogP contribution < -0.4 is 10.5 Å². The van der Waals surface area contributed by atoms with Gasteiger partial charge in [-0.15, -0.1) is 0 Å². The predicted octanol–water partition coefficient (Wildman–Crippen LogP) is 2.17. The first-order valence-corrected chi connectivity index (χ1v) is 6.82.